The van der Waals surface area contributed by atoms with Crippen LogP contribution in [0.25, 0.3) is 0 Å². The second-order valence-electron chi connectivity index (χ2n) is 5.87. The van der Waals surface area contributed by atoms with Crippen LogP contribution in [-0.4, -0.2) is 36.0 Å². The van der Waals surface area contributed by atoms with Crippen molar-refractivity contribution in [3.05, 3.63) is 65.2 Å². The SMILES string of the molecule is CCCCOc1ccc(C(=O)OCN2C(=O)c3ccccc3C2=O)cc1. The van der Waals surface area contributed by atoms with Gasteiger partial charge in [-0.1, -0.05) is 25.5 Å². The van der Waals surface area contributed by atoms with Crippen LogP contribution >= 0.6 is 0 Å². The largest absolute Gasteiger partial charge is 0.494 e. The average molecular weight is 353 g/mol. The lowest BCUT2D eigenvalue weighted by Crippen LogP contribution is -2.33. The maximum atomic E-state index is 12.2. The predicted molar refractivity (Wildman–Crippen MR) is 94.1 cm³/mol. The number of hydrogen-bond acceptors (Lipinski definition) is 5. The molecule has 134 valence electrons. The van der Waals surface area contributed by atoms with Gasteiger partial charge in [-0.05, 0) is 42.8 Å². The standard InChI is InChI=1S/C20H19NO5/c1-2-3-12-25-15-10-8-14(9-11-15)20(24)26-13-21-18(22)16-6-4-5-7-17(16)19(21)23/h4-11H,2-3,12-13H2,1H3. The number of imide groups is 1. The van der Waals surface area contributed by atoms with Gasteiger partial charge in [0.25, 0.3) is 11.8 Å². The minimum Gasteiger partial charge on any atom is -0.494 e. The smallest absolute Gasteiger partial charge is 0.339 e. The number of benzene rings is 2. The summed E-state index contributed by atoms with van der Waals surface area (Å²) in [6.45, 7) is 2.29. The molecule has 0 bridgehead atoms. The van der Waals surface area contributed by atoms with Crippen molar-refractivity contribution in [1.29, 1.82) is 0 Å². The predicted octanol–water partition coefficient (Wildman–Crippen LogP) is 3.28. The first-order chi connectivity index (χ1) is 12.6. The van der Waals surface area contributed by atoms with Crippen molar-refractivity contribution in [2.24, 2.45) is 0 Å². The van der Waals surface area contributed by atoms with E-state index in [0.29, 0.717) is 29.0 Å². The molecule has 3 rings (SSSR count). The molecule has 0 saturated heterocycles. The van der Waals surface area contributed by atoms with Gasteiger partial charge in [0.1, 0.15) is 5.75 Å². The highest BCUT2D eigenvalue weighted by atomic mass is 16.5. The third-order valence-corrected chi connectivity index (χ3v) is 4.06. The molecule has 0 saturated carbocycles. The summed E-state index contributed by atoms with van der Waals surface area (Å²) in [6.07, 6.45) is 2.01. The lowest BCUT2D eigenvalue weighted by atomic mass is 10.1. The molecule has 2 aromatic rings. The number of amides is 2. The van der Waals surface area contributed by atoms with E-state index in [1.807, 2.05) is 0 Å². The van der Waals surface area contributed by atoms with Crippen LogP contribution < -0.4 is 4.74 Å². The lowest BCUT2D eigenvalue weighted by Gasteiger charge is -2.14. The number of carbonyl (C=O) groups is 3. The molecule has 1 heterocycles. The molecule has 2 aromatic carbocycles. The van der Waals surface area contributed by atoms with E-state index < -0.39 is 24.5 Å². The van der Waals surface area contributed by atoms with E-state index in [0.717, 1.165) is 17.7 Å². The van der Waals surface area contributed by atoms with Crippen molar-refractivity contribution >= 4 is 17.8 Å². The van der Waals surface area contributed by atoms with Crippen LogP contribution in [0.3, 0.4) is 0 Å². The molecule has 6 nitrogen and oxygen atoms in total. The fraction of sp³-hybridized carbons (Fsp3) is 0.250. The number of esters is 1. The van der Waals surface area contributed by atoms with Crippen LogP contribution in [-0.2, 0) is 4.74 Å². The average Bonchev–Trinajstić information content (AvgIpc) is 2.91. The van der Waals surface area contributed by atoms with Crippen molar-refractivity contribution in [1.82, 2.24) is 4.90 Å². The van der Waals surface area contributed by atoms with Crippen molar-refractivity contribution in [2.75, 3.05) is 13.3 Å². The molecule has 1 aliphatic heterocycles. The van der Waals surface area contributed by atoms with Crippen LogP contribution in [0.2, 0.25) is 0 Å². The van der Waals surface area contributed by atoms with E-state index in [2.05, 4.69) is 6.92 Å². The number of ether oxygens (including phenoxy) is 2. The van der Waals surface area contributed by atoms with Gasteiger partial charge >= 0.3 is 5.97 Å². The van der Waals surface area contributed by atoms with Crippen LogP contribution in [0.5, 0.6) is 5.75 Å². The molecular formula is C20H19NO5. The molecule has 2 amide bonds. The summed E-state index contributed by atoms with van der Waals surface area (Å²) in [5.74, 6) is -0.854. The first kappa shape index (κ1) is 17.7. The Hall–Kier alpha value is -3.15. The minimum atomic E-state index is -0.610. The zero-order valence-corrected chi connectivity index (χ0v) is 14.4. The Morgan fingerprint density at radius 3 is 2.15 bits per heavy atom. The summed E-state index contributed by atoms with van der Waals surface area (Å²) in [7, 11) is 0. The highest BCUT2D eigenvalue weighted by Gasteiger charge is 2.35. The molecule has 0 atom stereocenters. The summed E-state index contributed by atoms with van der Waals surface area (Å²) < 4.78 is 10.7. The van der Waals surface area contributed by atoms with Gasteiger partial charge in [-0.2, -0.15) is 0 Å². The Labute approximate surface area is 151 Å². The molecule has 1 aliphatic rings. The Morgan fingerprint density at radius 2 is 1.58 bits per heavy atom. The van der Waals surface area contributed by atoms with E-state index in [4.69, 9.17) is 9.47 Å². The molecule has 0 fully saturated rings. The van der Waals surface area contributed by atoms with Crippen LogP contribution in [0.1, 0.15) is 50.8 Å². The summed E-state index contributed by atoms with van der Waals surface area (Å²) in [6, 6.07) is 13.1. The fourth-order valence-corrected chi connectivity index (χ4v) is 2.58. The fourth-order valence-electron chi connectivity index (χ4n) is 2.58. The molecule has 0 unspecified atom stereocenters. The number of carbonyl (C=O) groups excluding carboxylic acids is 3. The molecule has 0 aromatic heterocycles. The molecule has 6 heteroatoms. The van der Waals surface area contributed by atoms with Gasteiger partial charge in [0, 0.05) is 0 Å². The van der Waals surface area contributed by atoms with Gasteiger partial charge in [0.15, 0.2) is 6.73 Å². The first-order valence-corrected chi connectivity index (χ1v) is 8.47. The molecule has 0 aliphatic carbocycles. The quantitative estimate of drug-likeness (QED) is 0.434. The zero-order chi connectivity index (χ0) is 18.5. The summed E-state index contributed by atoms with van der Waals surface area (Å²) >= 11 is 0. The van der Waals surface area contributed by atoms with Gasteiger partial charge in [0.05, 0.1) is 23.3 Å². The van der Waals surface area contributed by atoms with E-state index in [1.165, 1.54) is 0 Å². The molecule has 0 spiro atoms. The van der Waals surface area contributed by atoms with E-state index in [-0.39, 0.29) is 0 Å². The van der Waals surface area contributed by atoms with Crippen molar-refractivity contribution in [2.45, 2.75) is 19.8 Å². The second kappa shape index (κ2) is 7.82. The van der Waals surface area contributed by atoms with Gasteiger partial charge in [-0.3, -0.25) is 9.59 Å². The van der Waals surface area contributed by atoms with Gasteiger partial charge in [-0.15, -0.1) is 0 Å². The summed E-state index contributed by atoms with van der Waals surface area (Å²) in [5, 5.41) is 0. The third kappa shape index (κ3) is 3.59. The van der Waals surface area contributed by atoms with Gasteiger partial charge in [0.2, 0.25) is 0 Å². The minimum absolute atomic E-state index is 0.321. The molecule has 0 N–H and O–H groups in total. The highest BCUT2D eigenvalue weighted by Crippen LogP contribution is 2.22. The first-order valence-electron chi connectivity index (χ1n) is 8.47. The Morgan fingerprint density at radius 1 is 0.962 bits per heavy atom. The van der Waals surface area contributed by atoms with Crippen molar-refractivity contribution in [3.8, 4) is 5.75 Å². The highest BCUT2D eigenvalue weighted by molar-refractivity contribution is 6.21. The zero-order valence-electron chi connectivity index (χ0n) is 14.4. The van der Waals surface area contributed by atoms with Gasteiger partial charge < -0.3 is 9.47 Å². The number of hydrogen-bond donors (Lipinski definition) is 0. The topological polar surface area (TPSA) is 72.9 Å². The van der Waals surface area contributed by atoms with Crippen LogP contribution in [0, 0.1) is 0 Å². The second-order valence-corrected chi connectivity index (χ2v) is 5.87. The molecular weight excluding hydrogens is 334 g/mol. The van der Waals surface area contributed by atoms with Crippen molar-refractivity contribution < 1.29 is 23.9 Å². The normalized spacial score (nSPS) is 12.9. The maximum Gasteiger partial charge on any atom is 0.339 e. The number of fused-ring (bicyclic) bond motifs is 1. The third-order valence-electron chi connectivity index (χ3n) is 4.06. The number of nitrogens with zero attached hydrogens (tertiary/aromatic N) is 1. The van der Waals surface area contributed by atoms with E-state index in [9.17, 15) is 14.4 Å². The maximum absolute atomic E-state index is 12.2. The van der Waals surface area contributed by atoms with Gasteiger partial charge in [-0.25, -0.2) is 9.69 Å². The van der Waals surface area contributed by atoms with Crippen LogP contribution in [0.15, 0.2) is 48.5 Å². The van der Waals surface area contributed by atoms with Crippen molar-refractivity contribution in [3.63, 3.8) is 0 Å². The Balaban J connectivity index is 1.58. The van der Waals surface area contributed by atoms with E-state index >= 15 is 0 Å². The number of unbranched alkanes of at least 4 members (excludes halogenated alkanes) is 1. The molecule has 26 heavy (non-hydrogen) atoms. The molecule has 0 radical (unpaired) electrons. The summed E-state index contributed by atoms with van der Waals surface area (Å²) in [5.41, 5.74) is 0.966. The summed E-state index contributed by atoms with van der Waals surface area (Å²) in [4.78, 5) is 37.5. The lowest BCUT2D eigenvalue weighted by molar-refractivity contribution is 0.0228. The monoisotopic (exact) mass is 353 g/mol. The Kier molecular flexibility index (Phi) is 5.31. The Bertz CT molecular complexity index is 793. The number of rotatable bonds is 7. The van der Waals surface area contributed by atoms with E-state index in [1.54, 1.807) is 48.5 Å². The van der Waals surface area contributed by atoms with Crippen LogP contribution in [0.4, 0.5) is 0 Å².